The van der Waals surface area contributed by atoms with Crippen molar-refractivity contribution in [3.05, 3.63) is 59.7 Å². The van der Waals surface area contributed by atoms with Gasteiger partial charge in [-0.05, 0) is 31.5 Å². The van der Waals surface area contributed by atoms with Crippen LogP contribution >= 0.6 is 0 Å². The minimum Gasteiger partial charge on any atom is -0.490 e. The molecule has 1 aliphatic rings. The van der Waals surface area contributed by atoms with Gasteiger partial charge in [-0.25, -0.2) is 0 Å². The number of carbonyl (C=O) groups excluding carboxylic acids is 1. The van der Waals surface area contributed by atoms with Crippen molar-refractivity contribution < 1.29 is 19.0 Å². The molecule has 0 saturated carbocycles. The molecule has 2 aromatic rings. The van der Waals surface area contributed by atoms with Gasteiger partial charge in [0.05, 0.1) is 25.9 Å². The summed E-state index contributed by atoms with van der Waals surface area (Å²) in [5.74, 6) is 1.07. The van der Waals surface area contributed by atoms with Crippen LogP contribution in [0, 0.1) is 6.92 Å². The van der Waals surface area contributed by atoms with Crippen LogP contribution in [0.3, 0.4) is 0 Å². The lowest BCUT2D eigenvalue weighted by Crippen LogP contribution is -2.44. The average Bonchev–Trinajstić information content (AvgIpc) is 2.75. The van der Waals surface area contributed by atoms with E-state index in [2.05, 4.69) is 41.4 Å². The first-order valence-electron chi connectivity index (χ1n) is 10.2. The van der Waals surface area contributed by atoms with Crippen molar-refractivity contribution in [2.24, 2.45) is 0 Å². The van der Waals surface area contributed by atoms with Gasteiger partial charge in [0.2, 0.25) is 0 Å². The number of hydrogen-bond donors (Lipinski definition) is 1. The molecule has 1 N–H and O–H groups in total. The lowest BCUT2D eigenvalue weighted by Gasteiger charge is -2.35. The number of aryl methyl sites for hydroxylation is 1. The van der Waals surface area contributed by atoms with Crippen molar-refractivity contribution in [1.29, 1.82) is 0 Å². The Morgan fingerprint density at radius 2 is 1.72 bits per heavy atom. The first-order valence-corrected chi connectivity index (χ1v) is 10.2. The molecular weight excluding hydrogens is 368 g/mol. The van der Waals surface area contributed by atoms with Gasteiger partial charge < -0.3 is 19.5 Å². The van der Waals surface area contributed by atoms with Crippen LogP contribution in [0.2, 0.25) is 0 Å². The van der Waals surface area contributed by atoms with Crippen LogP contribution in [0.1, 0.15) is 24.1 Å². The van der Waals surface area contributed by atoms with E-state index in [1.54, 1.807) is 6.07 Å². The van der Waals surface area contributed by atoms with E-state index in [0.717, 1.165) is 13.1 Å². The van der Waals surface area contributed by atoms with E-state index in [0.29, 0.717) is 37.9 Å². The van der Waals surface area contributed by atoms with E-state index in [4.69, 9.17) is 14.2 Å². The third-order valence-electron chi connectivity index (χ3n) is 4.95. The fourth-order valence-electron chi connectivity index (χ4n) is 3.38. The maximum Gasteiger partial charge on any atom is 0.258 e. The SMILES string of the molecule is CCOc1ccccc1OCC(=O)NCC(c1ccc(C)cc1)N1CCOCC1. The van der Waals surface area contributed by atoms with Gasteiger partial charge in [0.1, 0.15) is 0 Å². The molecule has 3 rings (SSSR count). The van der Waals surface area contributed by atoms with Gasteiger partial charge in [0, 0.05) is 19.6 Å². The molecule has 1 unspecified atom stereocenters. The minimum atomic E-state index is -0.151. The Labute approximate surface area is 172 Å². The summed E-state index contributed by atoms with van der Waals surface area (Å²) >= 11 is 0. The van der Waals surface area contributed by atoms with E-state index in [1.165, 1.54) is 11.1 Å². The van der Waals surface area contributed by atoms with Gasteiger partial charge in [-0.15, -0.1) is 0 Å². The van der Waals surface area contributed by atoms with Crippen molar-refractivity contribution in [1.82, 2.24) is 10.2 Å². The highest BCUT2D eigenvalue weighted by Crippen LogP contribution is 2.26. The molecule has 0 radical (unpaired) electrons. The average molecular weight is 399 g/mol. The second-order valence-corrected chi connectivity index (χ2v) is 7.05. The molecule has 6 nitrogen and oxygen atoms in total. The second kappa shape index (κ2) is 10.8. The van der Waals surface area contributed by atoms with E-state index >= 15 is 0 Å². The Morgan fingerprint density at radius 3 is 2.38 bits per heavy atom. The Morgan fingerprint density at radius 1 is 1.07 bits per heavy atom. The molecular formula is C23H30N2O4. The summed E-state index contributed by atoms with van der Waals surface area (Å²) in [7, 11) is 0. The van der Waals surface area contributed by atoms with Crippen molar-refractivity contribution in [2.75, 3.05) is 46.1 Å². The topological polar surface area (TPSA) is 60.0 Å². The molecule has 1 heterocycles. The van der Waals surface area contributed by atoms with E-state index in [1.807, 2.05) is 25.1 Å². The Kier molecular flexibility index (Phi) is 7.90. The molecule has 0 bridgehead atoms. The Hall–Kier alpha value is -2.57. The molecule has 156 valence electrons. The Balaban J connectivity index is 1.58. The minimum absolute atomic E-state index is 0.0478. The third-order valence-corrected chi connectivity index (χ3v) is 4.95. The molecule has 0 aromatic heterocycles. The number of carbonyl (C=O) groups is 1. The largest absolute Gasteiger partial charge is 0.490 e. The monoisotopic (exact) mass is 398 g/mol. The summed E-state index contributed by atoms with van der Waals surface area (Å²) in [5, 5.41) is 3.03. The molecule has 0 aliphatic carbocycles. The lowest BCUT2D eigenvalue weighted by atomic mass is 10.0. The fourth-order valence-corrected chi connectivity index (χ4v) is 3.38. The van der Waals surface area contributed by atoms with Crippen LogP contribution in [0.25, 0.3) is 0 Å². The van der Waals surface area contributed by atoms with E-state index in [9.17, 15) is 4.79 Å². The van der Waals surface area contributed by atoms with Gasteiger partial charge >= 0.3 is 0 Å². The molecule has 1 atom stereocenters. The zero-order chi connectivity index (χ0) is 20.5. The normalized spacial score (nSPS) is 15.5. The number of rotatable bonds is 9. The molecule has 1 aliphatic heterocycles. The lowest BCUT2D eigenvalue weighted by molar-refractivity contribution is -0.123. The number of hydrogen-bond acceptors (Lipinski definition) is 5. The summed E-state index contributed by atoms with van der Waals surface area (Å²) in [6.07, 6.45) is 0. The van der Waals surface area contributed by atoms with Crippen LogP contribution in [0.15, 0.2) is 48.5 Å². The first-order chi connectivity index (χ1) is 14.2. The number of ether oxygens (including phenoxy) is 3. The molecule has 6 heteroatoms. The molecule has 1 saturated heterocycles. The number of nitrogens with one attached hydrogen (secondary N) is 1. The molecule has 1 fully saturated rings. The predicted octanol–water partition coefficient (Wildman–Crippen LogP) is 2.96. The number of benzene rings is 2. The van der Waals surface area contributed by atoms with Crippen LogP contribution in [-0.4, -0.2) is 56.9 Å². The molecule has 1 amide bonds. The van der Waals surface area contributed by atoms with E-state index in [-0.39, 0.29) is 18.6 Å². The summed E-state index contributed by atoms with van der Waals surface area (Å²) in [4.78, 5) is 14.8. The number of nitrogens with zero attached hydrogens (tertiary/aromatic N) is 1. The van der Waals surface area contributed by atoms with Crippen molar-refractivity contribution in [3.8, 4) is 11.5 Å². The van der Waals surface area contributed by atoms with Crippen LogP contribution < -0.4 is 14.8 Å². The van der Waals surface area contributed by atoms with E-state index < -0.39 is 0 Å². The zero-order valence-electron chi connectivity index (χ0n) is 17.2. The third kappa shape index (κ3) is 6.21. The van der Waals surface area contributed by atoms with Crippen LogP contribution in [0.5, 0.6) is 11.5 Å². The zero-order valence-corrected chi connectivity index (χ0v) is 17.2. The first kappa shape index (κ1) is 21.1. The van der Waals surface area contributed by atoms with Crippen molar-refractivity contribution >= 4 is 5.91 Å². The number of amides is 1. The highest BCUT2D eigenvalue weighted by molar-refractivity contribution is 5.77. The summed E-state index contributed by atoms with van der Waals surface area (Å²) in [6, 6.07) is 16.0. The maximum atomic E-state index is 12.4. The van der Waals surface area contributed by atoms with Gasteiger partial charge in [0.15, 0.2) is 18.1 Å². The summed E-state index contributed by atoms with van der Waals surface area (Å²) in [5.41, 5.74) is 2.42. The highest BCUT2D eigenvalue weighted by atomic mass is 16.5. The summed E-state index contributed by atoms with van der Waals surface area (Å²) in [6.45, 7) is 8.16. The smallest absolute Gasteiger partial charge is 0.258 e. The fraction of sp³-hybridized carbons (Fsp3) is 0.435. The van der Waals surface area contributed by atoms with Crippen molar-refractivity contribution in [2.45, 2.75) is 19.9 Å². The molecule has 2 aromatic carbocycles. The van der Waals surface area contributed by atoms with Gasteiger partial charge in [-0.3, -0.25) is 9.69 Å². The second-order valence-electron chi connectivity index (χ2n) is 7.05. The van der Waals surface area contributed by atoms with Crippen LogP contribution in [0.4, 0.5) is 0 Å². The predicted molar refractivity (Wildman–Crippen MR) is 112 cm³/mol. The molecule has 29 heavy (non-hydrogen) atoms. The summed E-state index contributed by atoms with van der Waals surface area (Å²) < 4.78 is 16.7. The maximum absolute atomic E-state index is 12.4. The molecule has 0 spiro atoms. The number of morpholine rings is 1. The van der Waals surface area contributed by atoms with Crippen LogP contribution in [-0.2, 0) is 9.53 Å². The number of para-hydroxylation sites is 2. The quantitative estimate of drug-likeness (QED) is 0.704. The standard InChI is InChI=1S/C23H30N2O4/c1-3-28-21-6-4-5-7-22(21)29-17-23(26)24-16-20(25-12-14-27-15-13-25)19-10-8-18(2)9-11-19/h4-11,20H,3,12-17H2,1-2H3,(H,24,26). The van der Waals surface area contributed by atoms with Crippen molar-refractivity contribution in [3.63, 3.8) is 0 Å². The van der Waals surface area contributed by atoms with Gasteiger partial charge in [-0.2, -0.15) is 0 Å². The Bertz CT molecular complexity index is 773. The van der Waals surface area contributed by atoms with Gasteiger partial charge in [0.25, 0.3) is 5.91 Å². The highest BCUT2D eigenvalue weighted by Gasteiger charge is 2.23. The van der Waals surface area contributed by atoms with Gasteiger partial charge in [-0.1, -0.05) is 42.0 Å².